The third-order valence-electron chi connectivity index (χ3n) is 2.67. The largest absolute Gasteiger partial charge is 0.338 e. The first-order chi connectivity index (χ1) is 6.77. The quantitative estimate of drug-likeness (QED) is 0.746. The molecule has 1 unspecified atom stereocenters. The van der Waals surface area contributed by atoms with Crippen molar-refractivity contribution in [3.05, 3.63) is 16.0 Å². The van der Waals surface area contributed by atoms with E-state index in [-0.39, 0.29) is 0 Å². The van der Waals surface area contributed by atoms with Gasteiger partial charge in [0.05, 0.1) is 0 Å². The fourth-order valence-corrected chi connectivity index (χ4v) is 2.13. The van der Waals surface area contributed by atoms with E-state index in [1.807, 2.05) is 12.4 Å². The van der Waals surface area contributed by atoms with Crippen LogP contribution >= 0.6 is 22.6 Å². The SMILES string of the molecule is CC1CCCCN1c1ncc(I)cn1. The van der Waals surface area contributed by atoms with E-state index in [9.17, 15) is 0 Å². The van der Waals surface area contributed by atoms with Gasteiger partial charge in [-0.25, -0.2) is 9.97 Å². The van der Waals surface area contributed by atoms with Crippen LogP contribution in [0.4, 0.5) is 5.95 Å². The van der Waals surface area contributed by atoms with E-state index in [0.717, 1.165) is 16.1 Å². The molecule has 14 heavy (non-hydrogen) atoms. The molecule has 1 aliphatic rings. The number of nitrogens with zero attached hydrogens (tertiary/aromatic N) is 3. The highest BCUT2D eigenvalue weighted by Gasteiger charge is 2.20. The second-order valence-corrected chi connectivity index (χ2v) is 4.99. The lowest BCUT2D eigenvalue weighted by atomic mass is 10.0. The number of piperidine rings is 1. The lowest BCUT2D eigenvalue weighted by Gasteiger charge is -2.33. The molecule has 0 radical (unpaired) electrons. The predicted octanol–water partition coefficient (Wildman–Crippen LogP) is 2.46. The molecule has 1 aromatic rings. The summed E-state index contributed by atoms with van der Waals surface area (Å²) >= 11 is 2.23. The van der Waals surface area contributed by atoms with Crippen molar-refractivity contribution in [3.63, 3.8) is 0 Å². The topological polar surface area (TPSA) is 29.0 Å². The zero-order valence-corrected chi connectivity index (χ0v) is 10.4. The van der Waals surface area contributed by atoms with Gasteiger partial charge >= 0.3 is 0 Å². The molecule has 76 valence electrons. The Bertz CT molecular complexity index is 299. The molecule has 2 rings (SSSR count). The van der Waals surface area contributed by atoms with Gasteiger partial charge in [0, 0.05) is 28.6 Å². The average Bonchev–Trinajstić information content (AvgIpc) is 2.20. The summed E-state index contributed by atoms with van der Waals surface area (Å²) in [7, 11) is 0. The smallest absolute Gasteiger partial charge is 0.225 e. The molecule has 0 spiro atoms. The maximum atomic E-state index is 4.36. The van der Waals surface area contributed by atoms with Gasteiger partial charge in [0.1, 0.15) is 0 Å². The zero-order valence-electron chi connectivity index (χ0n) is 8.28. The number of rotatable bonds is 1. The third kappa shape index (κ3) is 2.16. The van der Waals surface area contributed by atoms with E-state index >= 15 is 0 Å². The highest BCUT2D eigenvalue weighted by molar-refractivity contribution is 14.1. The van der Waals surface area contributed by atoms with Crippen LogP contribution in [-0.4, -0.2) is 22.6 Å². The van der Waals surface area contributed by atoms with Gasteiger partial charge in [-0.15, -0.1) is 0 Å². The summed E-state index contributed by atoms with van der Waals surface area (Å²) in [5.74, 6) is 0.887. The molecule has 0 aromatic carbocycles. The molecule has 1 saturated heterocycles. The van der Waals surface area contributed by atoms with Gasteiger partial charge in [0.2, 0.25) is 5.95 Å². The van der Waals surface area contributed by atoms with Crippen molar-refractivity contribution < 1.29 is 0 Å². The first kappa shape index (κ1) is 10.1. The number of halogens is 1. The van der Waals surface area contributed by atoms with E-state index in [1.54, 1.807) is 0 Å². The predicted molar refractivity (Wildman–Crippen MR) is 65.4 cm³/mol. The Balaban J connectivity index is 2.16. The van der Waals surface area contributed by atoms with Crippen molar-refractivity contribution in [2.75, 3.05) is 11.4 Å². The summed E-state index contributed by atoms with van der Waals surface area (Å²) < 4.78 is 1.09. The van der Waals surface area contributed by atoms with Crippen molar-refractivity contribution in [1.29, 1.82) is 0 Å². The fraction of sp³-hybridized carbons (Fsp3) is 0.600. The Morgan fingerprint density at radius 3 is 2.71 bits per heavy atom. The van der Waals surface area contributed by atoms with E-state index in [0.29, 0.717) is 6.04 Å². The molecule has 0 amide bonds. The van der Waals surface area contributed by atoms with Crippen molar-refractivity contribution in [2.24, 2.45) is 0 Å². The van der Waals surface area contributed by atoms with Crippen molar-refractivity contribution in [2.45, 2.75) is 32.2 Å². The molecular weight excluding hydrogens is 289 g/mol. The standard InChI is InChI=1S/C10H14IN3/c1-8-4-2-3-5-14(8)10-12-6-9(11)7-13-10/h6-8H,2-5H2,1H3. The van der Waals surface area contributed by atoms with Crippen LogP contribution < -0.4 is 4.90 Å². The van der Waals surface area contributed by atoms with Crippen LogP contribution in [0.1, 0.15) is 26.2 Å². The minimum atomic E-state index is 0.587. The van der Waals surface area contributed by atoms with Crippen LogP contribution in [0.25, 0.3) is 0 Å². The molecule has 0 aliphatic carbocycles. The van der Waals surface area contributed by atoms with Crippen LogP contribution in [0, 0.1) is 3.57 Å². The number of anilines is 1. The first-order valence-corrected chi connectivity index (χ1v) is 6.09. The number of hydrogen-bond donors (Lipinski definition) is 0. The average molecular weight is 303 g/mol. The fourth-order valence-electron chi connectivity index (χ4n) is 1.85. The molecule has 3 nitrogen and oxygen atoms in total. The minimum Gasteiger partial charge on any atom is -0.338 e. The summed E-state index contributed by atoms with van der Waals surface area (Å²) in [6.45, 7) is 3.35. The Morgan fingerprint density at radius 1 is 1.36 bits per heavy atom. The van der Waals surface area contributed by atoms with Crippen LogP contribution in [0.5, 0.6) is 0 Å². The molecule has 1 fully saturated rings. The highest BCUT2D eigenvalue weighted by atomic mass is 127. The van der Waals surface area contributed by atoms with Gasteiger partial charge in [-0.05, 0) is 48.8 Å². The Hall–Kier alpha value is -0.390. The van der Waals surface area contributed by atoms with Gasteiger partial charge in [0.25, 0.3) is 0 Å². The van der Waals surface area contributed by atoms with Crippen LogP contribution in [0.15, 0.2) is 12.4 Å². The van der Waals surface area contributed by atoms with Crippen molar-refractivity contribution >= 4 is 28.5 Å². The van der Waals surface area contributed by atoms with Gasteiger partial charge < -0.3 is 4.90 Å². The lowest BCUT2D eigenvalue weighted by Crippen LogP contribution is -2.38. The lowest BCUT2D eigenvalue weighted by molar-refractivity contribution is 0.477. The molecule has 1 aromatic heterocycles. The number of hydrogen-bond acceptors (Lipinski definition) is 3. The Morgan fingerprint density at radius 2 is 2.07 bits per heavy atom. The zero-order chi connectivity index (χ0) is 9.97. The van der Waals surface area contributed by atoms with E-state index in [4.69, 9.17) is 0 Å². The second kappa shape index (κ2) is 4.42. The summed E-state index contributed by atoms with van der Waals surface area (Å²) in [5, 5.41) is 0. The summed E-state index contributed by atoms with van der Waals surface area (Å²) in [4.78, 5) is 11.0. The van der Waals surface area contributed by atoms with Crippen LogP contribution in [0.2, 0.25) is 0 Å². The van der Waals surface area contributed by atoms with Gasteiger partial charge in [-0.1, -0.05) is 0 Å². The molecule has 0 saturated carbocycles. The first-order valence-electron chi connectivity index (χ1n) is 5.01. The Labute approximate surface area is 98.1 Å². The summed E-state index contributed by atoms with van der Waals surface area (Å²) in [6.07, 6.45) is 7.62. The van der Waals surface area contributed by atoms with Crippen LogP contribution in [0.3, 0.4) is 0 Å². The second-order valence-electron chi connectivity index (χ2n) is 3.74. The molecular formula is C10H14IN3. The summed E-state index contributed by atoms with van der Waals surface area (Å²) in [5.41, 5.74) is 0. The maximum Gasteiger partial charge on any atom is 0.225 e. The monoisotopic (exact) mass is 303 g/mol. The van der Waals surface area contributed by atoms with E-state index in [1.165, 1.54) is 19.3 Å². The van der Waals surface area contributed by atoms with Crippen molar-refractivity contribution in [3.8, 4) is 0 Å². The van der Waals surface area contributed by atoms with Crippen LogP contribution in [-0.2, 0) is 0 Å². The molecule has 1 atom stereocenters. The minimum absolute atomic E-state index is 0.587. The molecule has 0 bridgehead atoms. The normalized spacial score (nSPS) is 22.4. The third-order valence-corrected chi connectivity index (χ3v) is 3.22. The van der Waals surface area contributed by atoms with E-state index < -0.39 is 0 Å². The van der Waals surface area contributed by atoms with Gasteiger partial charge in [0.15, 0.2) is 0 Å². The molecule has 0 N–H and O–H groups in total. The Kier molecular flexibility index (Phi) is 3.20. The molecule has 4 heteroatoms. The van der Waals surface area contributed by atoms with Crippen molar-refractivity contribution in [1.82, 2.24) is 9.97 Å². The van der Waals surface area contributed by atoms with Gasteiger partial charge in [-0.2, -0.15) is 0 Å². The van der Waals surface area contributed by atoms with Gasteiger partial charge in [-0.3, -0.25) is 0 Å². The molecule has 2 heterocycles. The number of aromatic nitrogens is 2. The van der Waals surface area contributed by atoms with E-state index in [2.05, 4.69) is 44.4 Å². The maximum absolute atomic E-state index is 4.36. The molecule has 1 aliphatic heterocycles. The summed E-state index contributed by atoms with van der Waals surface area (Å²) in [6, 6.07) is 0.587. The highest BCUT2D eigenvalue weighted by Crippen LogP contribution is 2.20.